The number of carbonyl (C=O) groups excluding carboxylic acids is 1. The maximum absolute atomic E-state index is 14.9. The minimum atomic E-state index is -0.909. The summed E-state index contributed by atoms with van der Waals surface area (Å²) in [5.74, 6) is -2.58. The lowest BCUT2D eigenvalue weighted by Gasteiger charge is -2.25. The molecule has 1 atom stereocenters. The Balaban J connectivity index is 1.83. The number of nitrogens with zero attached hydrogens (tertiary/aromatic N) is 2. The van der Waals surface area contributed by atoms with E-state index in [1.165, 1.54) is 11.0 Å². The first-order chi connectivity index (χ1) is 14.8. The fourth-order valence-corrected chi connectivity index (χ4v) is 4.65. The average molecular weight is 426 g/mol. The lowest BCUT2D eigenvalue weighted by molar-refractivity contribution is -0.137. The molecule has 5 nitrogen and oxygen atoms in total. The molecule has 1 amide bonds. The molecule has 0 saturated heterocycles. The maximum atomic E-state index is 14.9. The molecule has 0 fully saturated rings. The largest absolute Gasteiger partial charge is 0.481 e. The van der Waals surface area contributed by atoms with Gasteiger partial charge >= 0.3 is 5.97 Å². The van der Waals surface area contributed by atoms with E-state index < -0.39 is 17.6 Å². The number of fused-ring (bicyclic) bond motifs is 3. The van der Waals surface area contributed by atoms with Crippen LogP contribution in [0.3, 0.4) is 0 Å². The summed E-state index contributed by atoms with van der Waals surface area (Å²) in [5.41, 5.74) is 3.31. The van der Waals surface area contributed by atoms with Gasteiger partial charge in [0.15, 0.2) is 0 Å². The van der Waals surface area contributed by atoms with Gasteiger partial charge in [-0.25, -0.2) is 8.78 Å². The van der Waals surface area contributed by atoms with Crippen LogP contribution in [0.4, 0.5) is 8.78 Å². The van der Waals surface area contributed by atoms with E-state index in [0.717, 1.165) is 29.3 Å². The topological polar surface area (TPSA) is 62.5 Å². The summed E-state index contributed by atoms with van der Waals surface area (Å²) < 4.78 is 30.7. The molecule has 31 heavy (non-hydrogen) atoms. The van der Waals surface area contributed by atoms with E-state index in [9.17, 15) is 23.5 Å². The van der Waals surface area contributed by atoms with E-state index in [1.807, 2.05) is 12.1 Å². The van der Waals surface area contributed by atoms with E-state index in [0.29, 0.717) is 35.9 Å². The lowest BCUT2D eigenvalue weighted by Crippen LogP contribution is -2.21. The van der Waals surface area contributed by atoms with Crippen LogP contribution in [-0.2, 0) is 17.8 Å². The first-order valence-corrected chi connectivity index (χ1v) is 10.3. The molecule has 7 heteroatoms. The van der Waals surface area contributed by atoms with Gasteiger partial charge in [0.05, 0.1) is 11.9 Å². The minimum absolute atomic E-state index is 0.0519. The Morgan fingerprint density at radius 1 is 1.16 bits per heavy atom. The van der Waals surface area contributed by atoms with Crippen molar-refractivity contribution in [3.05, 3.63) is 70.4 Å². The van der Waals surface area contributed by atoms with Crippen LogP contribution < -0.4 is 0 Å². The van der Waals surface area contributed by atoms with Crippen LogP contribution in [-0.4, -0.2) is 40.5 Å². The summed E-state index contributed by atoms with van der Waals surface area (Å²) in [7, 11) is 3.36. The van der Waals surface area contributed by atoms with E-state index in [4.69, 9.17) is 0 Å². The Kier molecular flexibility index (Phi) is 5.52. The Bertz CT molecular complexity index is 1170. The van der Waals surface area contributed by atoms with Crippen LogP contribution in [0.1, 0.15) is 52.4 Å². The van der Waals surface area contributed by atoms with Gasteiger partial charge in [0.25, 0.3) is 5.91 Å². The SMILES string of the molecule is CN(C)C(=O)c1ccc(Cn2c3c(c4cc(F)cc(F)c42)CCCC3CC(=O)O)cc1. The zero-order chi connectivity index (χ0) is 22.3. The molecule has 1 N–H and O–H groups in total. The molecule has 0 spiro atoms. The fraction of sp³-hybridized carbons (Fsp3) is 0.333. The minimum Gasteiger partial charge on any atom is -0.481 e. The Hall–Kier alpha value is -3.22. The number of aryl methyl sites for hydroxylation is 1. The summed E-state index contributed by atoms with van der Waals surface area (Å²) in [6, 6.07) is 9.28. The van der Waals surface area contributed by atoms with Crippen LogP contribution >= 0.6 is 0 Å². The van der Waals surface area contributed by atoms with Gasteiger partial charge < -0.3 is 14.6 Å². The molecule has 0 aliphatic heterocycles. The number of aliphatic carboxylic acids is 1. The monoisotopic (exact) mass is 426 g/mol. The third-order valence-corrected chi connectivity index (χ3v) is 5.96. The number of carbonyl (C=O) groups is 2. The van der Waals surface area contributed by atoms with Crippen molar-refractivity contribution in [3.8, 4) is 0 Å². The van der Waals surface area contributed by atoms with Crippen LogP contribution in [0, 0.1) is 11.6 Å². The Morgan fingerprint density at radius 2 is 1.87 bits per heavy atom. The highest BCUT2D eigenvalue weighted by molar-refractivity contribution is 5.94. The van der Waals surface area contributed by atoms with Gasteiger partial charge in [-0.05, 0) is 48.6 Å². The normalized spacial score (nSPS) is 15.7. The Labute approximate surface area is 178 Å². The van der Waals surface area contributed by atoms with Crippen molar-refractivity contribution in [2.75, 3.05) is 14.1 Å². The summed E-state index contributed by atoms with van der Waals surface area (Å²) in [4.78, 5) is 25.1. The first-order valence-electron chi connectivity index (χ1n) is 10.3. The van der Waals surface area contributed by atoms with Crippen molar-refractivity contribution in [3.63, 3.8) is 0 Å². The van der Waals surface area contributed by atoms with Crippen molar-refractivity contribution < 1.29 is 23.5 Å². The molecule has 1 aliphatic rings. The van der Waals surface area contributed by atoms with E-state index >= 15 is 0 Å². The van der Waals surface area contributed by atoms with Crippen LogP contribution in [0.15, 0.2) is 36.4 Å². The summed E-state index contributed by atoms with van der Waals surface area (Å²) in [6.07, 6.45) is 2.08. The number of carboxylic acid groups (broad SMARTS) is 1. The molecule has 0 radical (unpaired) electrons. The van der Waals surface area contributed by atoms with E-state index in [2.05, 4.69) is 0 Å². The first kappa shape index (κ1) is 21.0. The molecule has 4 rings (SSSR count). The Morgan fingerprint density at radius 3 is 2.52 bits per heavy atom. The summed E-state index contributed by atoms with van der Waals surface area (Å²) in [5, 5.41) is 9.91. The number of aromatic nitrogens is 1. The van der Waals surface area contributed by atoms with Gasteiger partial charge in [-0.3, -0.25) is 9.59 Å². The van der Waals surface area contributed by atoms with Crippen molar-refractivity contribution in [2.24, 2.45) is 0 Å². The van der Waals surface area contributed by atoms with Crippen LogP contribution in [0.5, 0.6) is 0 Å². The van der Waals surface area contributed by atoms with Gasteiger partial charge in [-0.2, -0.15) is 0 Å². The average Bonchev–Trinajstić information content (AvgIpc) is 3.02. The molecule has 162 valence electrons. The lowest BCUT2D eigenvalue weighted by atomic mass is 9.84. The third-order valence-electron chi connectivity index (χ3n) is 5.96. The van der Waals surface area contributed by atoms with Crippen molar-refractivity contribution >= 4 is 22.8 Å². The third kappa shape index (κ3) is 3.92. The predicted octanol–water partition coefficient (Wildman–Crippen LogP) is 4.56. The second kappa shape index (κ2) is 8.13. The van der Waals surface area contributed by atoms with Gasteiger partial charge in [0, 0.05) is 49.3 Å². The zero-order valence-corrected chi connectivity index (χ0v) is 17.5. The highest BCUT2D eigenvalue weighted by atomic mass is 19.1. The number of hydrogen-bond donors (Lipinski definition) is 1. The van der Waals surface area contributed by atoms with Crippen molar-refractivity contribution in [1.82, 2.24) is 9.47 Å². The molecule has 0 saturated carbocycles. The van der Waals surface area contributed by atoms with Gasteiger partial charge in [-0.15, -0.1) is 0 Å². The molecule has 1 unspecified atom stereocenters. The number of carboxylic acids is 1. The quantitative estimate of drug-likeness (QED) is 0.650. The highest BCUT2D eigenvalue weighted by Gasteiger charge is 2.30. The maximum Gasteiger partial charge on any atom is 0.304 e. The highest BCUT2D eigenvalue weighted by Crippen LogP contribution is 2.41. The number of halogens is 2. The smallest absolute Gasteiger partial charge is 0.304 e. The fourth-order valence-electron chi connectivity index (χ4n) is 4.65. The molecular formula is C24H24F2N2O3. The molecule has 3 aromatic rings. The van der Waals surface area contributed by atoms with Gasteiger partial charge in [0.1, 0.15) is 11.6 Å². The molecule has 1 heterocycles. The molecule has 1 aliphatic carbocycles. The molecule has 0 bridgehead atoms. The van der Waals surface area contributed by atoms with Crippen molar-refractivity contribution in [1.29, 1.82) is 0 Å². The number of benzene rings is 2. The van der Waals surface area contributed by atoms with E-state index in [1.54, 1.807) is 30.8 Å². The molecular weight excluding hydrogens is 402 g/mol. The van der Waals surface area contributed by atoms with Crippen molar-refractivity contribution in [2.45, 2.75) is 38.1 Å². The van der Waals surface area contributed by atoms with Crippen LogP contribution in [0.2, 0.25) is 0 Å². The number of amides is 1. The number of rotatable bonds is 5. The standard InChI is InChI=1S/C24H24F2N2O3/c1-27(2)24(31)15-8-6-14(7-9-15)13-28-22-16(10-21(29)30)4-3-5-18(22)19-11-17(25)12-20(26)23(19)28/h6-9,11-12,16H,3-5,10,13H2,1-2H3,(H,29,30). The molecule has 1 aromatic heterocycles. The second-order valence-electron chi connectivity index (χ2n) is 8.32. The van der Waals surface area contributed by atoms with Gasteiger partial charge in [0.2, 0.25) is 0 Å². The zero-order valence-electron chi connectivity index (χ0n) is 17.5. The second-order valence-corrected chi connectivity index (χ2v) is 8.32. The van der Waals surface area contributed by atoms with Gasteiger partial charge in [-0.1, -0.05) is 12.1 Å². The van der Waals surface area contributed by atoms with E-state index in [-0.39, 0.29) is 18.2 Å². The van der Waals surface area contributed by atoms with Crippen LogP contribution in [0.25, 0.3) is 10.9 Å². The summed E-state index contributed by atoms with van der Waals surface area (Å²) >= 11 is 0. The summed E-state index contributed by atoms with van der Waals surface area (Å²) in [6.45, 7) is 0.306. The molecule has 2 aromatic carbocycles. The predicted molar refractivity (Wildman–Crippen MR) is 113 cm³/mol. The number of hydrogen-bond acceptors (Lipinski definition) is 2.